The summed E-state index contributed by atoms with van der Waals surface area (Å²) in [6.07, 6.45) is 4.25. The summed E-state index contributed by atoms with van der Waals surface area (Å²) in [6.45, 7) is 3.41. The highest BCUT2D eigenvalue weighted by molar-refractivity contribution is 5.96. The van der Waals surface area contributed by atoms with Gasteiger partial charge in [-0.15, -0.1) is 0 Å². The number of carbonyl (C=O) groups excluding carboxylic acids is 1. The zero-order chi connectivity index (χ0) is 23.7. The highest BCUT2D eigenvalue weighted by atomic mass is 16.5. The number of aryl methyl sites for hydroxylation is 3. The van der Waals surface area contributed by atoms with Gasteiger partial charge >= 0.3 is 0 Å². The maximum atomic E-state index is 13.4. The van der Waals surface area contributed by atoms with Crippen LogP contribution in [0.2, 0.25) is 0 Å². The normalized spacial score (nSPS) is 15.7. The molecule has 1 aliphatic heterocycles. The number of benzene rings is 1. The molecule has 0 unspecified atom stereocenters. The lowest BCUT2D eigenvalue weighted by Crippen LogP contribution is -2.38. The Labute approximate surface area is 196 Å². The fourth-order valence-electron chi connectivity index (χ4n) is 4.43. The molecule has 5 rings (SSSR count). The van der Waals surface area contributed by atoms with Crippen molar-refractivity contribution in [2.24, 2.45) is 0 Å². The third-order valence-electron chi connectivity index (χ3n) is 6.28. The number of hydrogen-bond acceptors (Lipinski definition) is 5. The van der Waals surface area contributed by atoms with E-state index in [1.54, 1.807) is 16.8 Å². The van der Waals surface area contributed by atoms with Crippen LogP contribution < -0.4 is 16.4 Å². The maximum absolute atomic E-state index is 13.4. The van der Waals surface area contributed by atoms with Gasteiger partial charge in [-0.1, -0.05) is 36.4 Å². The van der Waals surface area contributed by atoms with Gasteiger partial charge in [-0.3, -0.25) is 19.4 Å². The van der Waals surface area contributed by atoms with E-state index >= 15 is 0 Å². The summed E-state index contributed by atoms with van der Waals surface area (Å²) in [5, 5.41) is 12.0. The highest BCUT2D eigenvalue weighted by Crippen LogP contribution is 2.14. The second-order valence-electron chi connectivity index (χ2n) is 8.73. The monoisotopic (exact) mass is 457 g/mol. The predicted octanol–water partition coefficient (Wildman–Crippen LogP) is 2.59. The first-order chi connectivity index (χ1) is 16.5. The summed E-state index contributed by atoms with van der Waals surface area (Å²) in [5.41, 5.74) is 2.88. The Kier molecular flexibility index (Phi) is 5.98. The van der Waals surface area contributed by atoms with E-state index in [-0.39, 0.29) is 28.6 Å². The largest absolute Gasteiger partial charge is 0.376 e. The molecule has 4 heterocycles. The Morgan fingerprint density at radius 3 is 2.82 bits per heavy atom. The number of nitrogens with one attached hydrogen (secondary N) is 2. The van der Waals surface area contributed by atoms with Crippen molar-refractivity contribution in [2.45, 2.75) is 38.8 Å². The lowest BCUT2D eigenvalue weighted by molar-refractivity contribution is 0.0856. The molecule has 0 radical (unpaired) electrons. The first-order valence-electron chi connectivity index (χ1n) is 11.6. The van der Waals surface area contributed by atoms with Crippen molar-refractivity contribution >= 4 is 22.6 Å². The van der Waals surface area contributed by atoms with E-state index in [2.05, 4.69) is 5.32 Å². The van der Waals surface area contributed by atoms with E-state index in [1.807, 2.05) is 43.3 Å². The number of nitrogens with zero attached hydrogens (tertiary/aromatic N) is 3. The lowest BCUT2D eigenvalue weighted by atomic mass is 10.1. The molecule has 1 atom stereocenters. The van der Waals surface area contributed by atoms with Gasteiger partial charge in [0.1, 0.15) is 16.8 Å². The smallest absolute Gasteiger partial charge is 0.267 e. The minimum absolute atomic E-state index is 0.0111. The molecule has 0 bridgehead atoms. The van der Waals surface area contributed by atoms with Gasteiger partial charge in [0.05, 0.1) is 17.1 Å². The Balaban J connectivity index is 1.62. The average Bonchev–Trinajstić information content (AvgIpc) is 3.37. The summed E-state index contributed by atoms with van der Waals surface area (Å²) >= 11 is 0. The topological polar surface area (TPSA) is 101 Å². The number of rotatable bonds is 6. The van der Waals surface area contributed by atoms with E-state index in [4.69, 9.17) is 15.1 Å². The van der Waals surface area contributed by atoms with Crippen LogP contribution in [0.4, 0.5) is 0 Å². The van der Waals surface area contributed by atoms with Gasteiger partial charge in [0.25, 0.3) is 11.5 Å². The second-order valence-corrected chi connectivity index (χ2v) is 8.73. The van der Waals surface area contributed by atoms with Crippen molar-refractivity contribution in [1.29, 1.82) is 5.41 Å². The van der Waals surface area contributed by atoms with Crippen LogP contribution in [0.1, 0.15) is 34.3 Å². The molecular formula is C26H27N5O3. The van der Waals surface area contributed by atoms with Crippen LogP contribution in [-0.2, 0) is 17.7 Å². The molecule has 0 aliphatic carbocycles. The fraction of sp³-hybridized carbons (Fsp3) is 0.308. The lowest BCUT2D eigenvalue weighted by Gasteiger charge is -2.16. The molecule has 174 valence electrons. The molecule has 1 amide bonds. The summed E-state index contributed by atoms with van der Waals surface area (Å²) in [5.74, 6) is -0.385. The van der Waals surface area contributed by atoms with Crippen LogP contribution in [0.5, 0.6) is 0 Å². The fourth-order valence-corrected chi connectivity index (χ4v) is 4.43. The van der Waals surface area contributed by atoms with Gasteiger partial charge in [-0.25, -0.2) is 4.98 Å². The maximum Gasteiger partial charge on any atom is 0.267 e. The molecule has 4 aromatic rings. The van der Waals surface area contributed by atoms with E-state index in [0.717, 1.165) is 24.0 Å². The van der Waals surface area contributed by atoms with E-state index < -0.39 is 0 Å². The summed E-state index contributed by atoms with van der Waals surface area (Å²) in [4.78, 5) is 31.2. The minimum Gasteiger partial charge on any atom is -0.376 e. The van der Waals surface area contributed by atoms with Gasteiger partial charge in [-0.05, 0) is 49.4 Å². The molecule has 1 saturated heterocycles. The molecular weight excluding hydrogens is 430 g/mol. The first kappa shape index (κ1) is 22.0. The number of aromatic nitrogens is 3. The minimum atomic E-state index is -0.385. The van der Waals surface area contributed by atoms with Crippen LogP contribution in [0.3, 0.4) is 0 Å². The van der Waals surface area contributed by atoms with E-state index in [0.29, 0.717) is 42.8 Å². The van der Waals surface area contributed by atoms with Gasteiger partial charge in [-0.2, -0.15) is 0 Å². The predicted molar refractivity (Wildman–Crippen MR) is 129 cm³/mol. The molecule has 1 aromatic carbocycles. The van der Waals surface area contributed by atoms with Gasteiger partial charge in [0.15, 0.2) is 0 Å². The number of fused-ring (bicyclic) bond motifs is 2. The van der Waals surface area contributed by atoms with Gasteiger partial charge in [0.2, 0.25) is 0 Å². The van der Waals surface area contributed by atoms with Gasteiger partial charge < -0.3 is 14.6 Å². The Morgan fingerprint density at radius 1 is 1.24 bits per heavy atom. The zero-order valence-corrected chi connectivity index (χ0v) is 19.1. The molecule has 0 saturated carbocycles. The molecule has 1 fully saturated rings. The SMILES string of the molecule is Cc1ccc2nc3c(cc(C(=O)NC[C@H]4CCCO4)c(=N)n3CCc3ccccc3)c(=O)n2c1. The number of amides is 1. The Bertz CT molecular complexity index is 1480. The number of hydrogen-bond donors (Lipinski definition) is 2. The van der Waals surface area contributed by atoms with Crippen molar-refractivity contribution in [1.82, 2.24) is 19.3 Å². The first-order valence-corrected chi connectivity index (χ1v) is 11.6. The Morgan fingerprint density at radius 2 is 2.06 bits per heavy atom. The third-order valence-corrected chi connectivity index (χ3v) is 6.28. The molecule has 1 aliphatic rings. The number of pyridine rings is 2. The van der Waals surface area contributed by atoms with Gasteiger partial charge in [0, 0.05) is 25.9 Å². The number of carbonyl (C=O) groups is 1. The number of ether oxygens (including phenoxy) is 1. The van der Waals surface area contributed by atoms with Crippen molar-refractivity contribution in [3.8, 4) is 0 Å². The molecule has 3 aromatic heterocycles. The van der Waals surface area contributed by atoms with E-state index in [1.165, 1.54) is 10.5 Å². The van der Waals surface area contributed by atoms with Crippen LogP contribution in [0, 0.1) is 12.3 Å². The Hall–Kier alpha value is -3.78. The quantitative estimate of drug-likeness (QED) is 0.435. The third kappa shape index (κ3) is 4.24. The van der Waals surface area contributed by atoms with Crippen LogP contribution in [-0.4, -0.2) is 39.1 Å². The average molecular weight is 458 g/mol. The molecule has 0 spiro atoms. The van der Waals surface area contributed by atoms with E-state index in [9.17, 15) is 9.59 Å². The van der Waals surface area contributed by atoms with Crippen molar-refractivity contribution in [2.75, 3.05) is 13.2 Å². The highest BCUT2D eigenvalue weighted by Gasteiger charge is 2.20. The summed E-state index contributed by atoms with van der Waals surface area (Å²) < 4.78 is 8.77. The summed E-state index contributed by atoms with van der Waals surface area (Å²) in [6, 6.07) is 15.1. The molecule has 8 nitrogen and oxygen atoms in total. The molecule has 34 heavy (non-hydrogen) atoms. The zero-order valence-electron chi connectivity index (χ0n) is 19.1. The van der Waals surface area contributed by atoms with Crippen LogP contribution in [0.25, 0.3) is 16.7 Å². The van der Waals surface area contributed by atoms with Crippen LogP contribution >= 0.6 is 0 Å². The second kappa shape index (κ2) is 9.23. The van der Waals surface area contributed by atoms with Crippen LogP contribution in [0.15, 0.2) is 59.5 Å². The molecule has 2 N–H and O–H groups in total. The van der Waals surface area contributed by atoms with Crippen molar-refractivity contribution in [3.63, 3.8) is 0 Å². The standard InChI is InChI=1S/C26H27N5O3/c1-17-9-10-22-29-24-21(26(33)31(22)16-17)14-20(25(32)28-15-19-8-5-13-34-19)23(27)30(24)12-11-18-6-3-2-4-7-18/h2-4,6-7,9-10,14,16,19,27H,5,8,11-13,15H2,1H3,(H,28,32)/t19-/m1/s1. The van der Waals surface area contributed by atoms with Crippen molar-refractivity contribution < 1.29 is 9.53 Å². The van der Waals surface area contributed by atoms with Crippen molar-refractivity contribution in [3.05, 3.63) is 87.3 Å². The summed E-state index contributed by atoms with van der Waals surface area (Å²) in [7, 11) is 0. The molecule has 8 heteroatoms.